The van der Waals surface area contributed by atoms with E-state index in [2.05, 4.69) is 10.3 Å². The van der Waals surface area contributed by atoms with Crippen molar-refractivity contribution in [3.63, 3.8) is 0 Å². The molecule has 0 unspecified atom stereocenters. The van der Waals surface area contributed by atoms with Crippen molar-refractivity contribution in [1.82, 2.24) is 4.98 Å². The normalized spacial score (nSPS) is 10.3. The van der Waals surface area contributed by atoms with Gasteiger partial charge in [-0.05, 0) is 18.2 Å². The predicted octanol–water partition coefficient (Wildman–Crippen LogP) is 4.29. The third-order valence-corrected chi connectivity index (χ3v) is 4.27. The monoisotopic (exact) mass is 372 g/mol. The van der Waals surface area contributed by atoms with E-state index >= 15 is 0 Å². The summed E-state index contributed by atoms with van der Waals surface area (Å²) < 4.78 is 5.38. The van der Waals surface area contributed by atoms with Crippen LogP contribution in [0, 0.1) is 0 Å². The zero-order chi connectivity index (χ0) is 17.6. The first-order valence-electron chi connectivity index (χ1n) is 7.34. The number of amides is 1. The van der Waals surface area contributed by atoms with Gasteiger partial charge in [0, 0.05) is 16.0 Å². The maximum Gasteiger partial charge on any atom is 0.264 e. The lowest BCUT2D eigenvalue weighted by Crippen LogP contribution is -2.20. The molecule has 3 rings (SSSR count). The molecule has 0 aliphatic carbocycles. The molecule has 0 atom stereocenters. The number of anilines is 1. The highest BCUT2D eigenvalue weighted by molar-refractivity contribution is 7.14. The Hall–Kier alpha value is -2.70. The van der Waals surface area contributed by atoms with Crippen LogP contribution in [-0.2, 0) is 4.79 Å². The summed E-state index contributed by atoms with van der Waals surface area (Å²) in [7, 11) is 0. The molecule has 0 saturated carbocycles. The fraction of sp³-hybridized carbons (Fsp3) is 0.0556. The first kappa shape index (κ1) is 17.1. The van der Waals surface area contributed by atoms with Crippen LogP contribution in [0.2, 0.25) is 5.02 Å². The van der Waals surface area contributed by atoms with Crippen molar-refractivity contribution >= 4 is 40.3 Å². The molecule has 25 heavy (non-hydrogen) atoms. The second kappa shape index (κ2) is 7.92. The number of benzene rings is 2. The summed E-state index contributed by atoms with van der Waals surface area (Å²) >= 11 is 7.15. The van der Waals surface area contributed by atoms with Gasteiger partial charge >= 0.3 is 0 Å². The van der Waals surface area contributed by atoms with Crippen LogP contribution in [0.1, 0.15) is 10.4 Å². The van der Waals surface area contributed by atoms with Gasteiger partial charge in [0.05, 0.1) is 11.3 Å². The van der Waals surface area contributed by atoms with E-state index in [0.717, 1.165) is 11.3 Å². The van der Waals surface area contributed by atoms with E-state index in [1.807, 2.05) is 35.7 Å². The Kier molecular flexibility index (Phi) is 5.42. The largest absolute Gasteiger partial charge is 0.483 e. The van der Waals surface area contributed by atoms with Crippen molar-refractivity contribution in [2.24, 2.45) is 0 Å². The molecule has 1 N–H and O–H groups in total. The van der Waals surface area contributed by atoms with Gasteiger partial charge in [0.15, 0.2) is 18.0 Å². The molecule has 7 heteroatoms. The fourth-order valence-electron chi connectivity index (χ4n) is 2.11. The Morgan fingerprint density at radius 1 is 1.24 bits per heavy atom. The molecule has 0 radical (unpaired) electrons. The van der Waals surface area contributed by atoms with Gasteiger partial charge in [-0.3, -0.25) is 14.9 Å². The molecule has 0 aliphatic rings. The number of nitrogens with one attached hydrogen (secondary N) is 1. The molecule has 2 aromatic carbocycles. The van der Waals surface area contributed by atoms with Gasteiger partial charge in [0.25, 0.3) is 5.91 Å². The average Bonchev–Trinajstić information content (AvgIpc) is 3.09. The van der Waals surface area contributed by atoms with E-state index in [9.17, 15) is 9.59 Å². The first-order valence-corrected chi connectivity index (χ1v) is 8.60. The number of rotatable bonds is 6. The highest BCUT2D eigenvalue weighted by Crippen LogP contribution is 2.25. The quantitative estimate of drug-likeness (QED) is 0.655. The molecule has 0 aliphatic heterocycles. The summed E-state index contributed by atoms with van der Waals surface area (Å²) in [5.41, 5.74) is 2.07. The van der Waals surface area contributed by atoms with Crippen molar-refractivity contribution in [3.05, 3.63) is 64.5 Å². The number of hydrogen-bond acceptors (Lipinski definition) is 5. The van der Waals surface area contributed by atoms with Gasteiger partial charge in [0.1, 0.15) is 5.75 Å². The number of halogens is 1. The molecule has 0 saturated heterocycles. The van der Waals surface area contributed by atoms with Gasteiger partial charge in [-0.15, -0.1) is 11.3 Å². The van der Waals surface area contributed by atoms with E-state index in [1.54, 1.807) is 12.1 Å². The van der Waals surface area contributed by atoms with E-state index in [0.29, 0.717) is 27.8 Å². The molecule has 126 valence electrons. The topological polar surface area (TPSA) is 68.3 Å². The second-order valence-corrected chi connectivity index (χ2v) is 6.34. The summed E-state index contributed by atoms with van der Waals surface area (Å²) in [6.45, 7) is -0.233. The van der Waals surface area contributed by atoms with Crippen molar-refractivity contribution < 1.29 is 14.3 Å². The fourth-order valence-corrected chi connectivity index (χ4v) is 3.03. The van der Waals surface area contributed by atoms with Gasteiger partial charge in [0.2, 0.25) is 0 Å². The van der Waals surface area contributed by atoms with Gasteiger partial charge in [-0.1, -0.05) is 41.9 Å². The Labute approximate surface area is 153 Å². The van der Waals surface area contributed by atoms with Crippen LogP contribution in [0.15, 0.2) is 53.9 Å². The average molecular weight is 373 g/mol. The van der Waals surface area contributed by atoms with E-state index in [1.165, 1.54) is 17.4 Å². The minimum absolute atomic E-state index is 0.233. The number of ether oxygens (including phenoxy) is 1. The van der Waals surface area contributed by atoms with Crippen LogP contribution in [0.4, 0.5) is 5.13 Å². The summed E-state index contributed by atoms with van der Waals surface area (Å²) in [6, 6.07) is 14.3. The van der Waals surface area contributed by atoms with E-state index < -0.39 is 0 Å². The minimum atomic E-state index is -0.360. The maximum atomic E-state index is 12.0. The minimum Gasteiger partial charge on any atom is -0.483 e. The highest BCUT2D eigenvalue weighted by Gasteiger charge is 2.10. The van der Waals surface area contributed by atoms with Crippen molar-refractivity contribution in [2.75, 3.05) is 11.9 Å². The number of thiazole rings is 1. The Bertz CT molecular complexity index is 896. The second-order valence-electron chi connectivity index (χ2n) is 5.04. The lowest BCUT2D eigenvalue weighted by molar-refractivity contribution is -0.118. The Morgan fingerprint density at radius 3 is 2.80 bits per heavy atom. The number of carbonyl (C=O) groups excluding carboxylic acids is 2. The van der Waals surface area contributed by atoms with Crippen LogP contribution < -0.4 is 10.1 Å². The number of hydrogen-bond donors (Lipinski definition) is 1. The summed E-state index contributed by atoms with van der Waals surface area (Å²) in [4.78, 5) is 27.4. The molecular formula is C18H13ClN2O3S. The number of carbonyl (C=O) groups is 2. The third-order valence-electron chi connectivity index (χ3n) is 3.28. The summed E-state index contributed by atoms with van der Waals surface area (Å²) in [5.74, 6) is -0.0561. The van der Waals surface area contributed by atoms with Crippen molar-refractivity contribution in [3.8, 4) is 17.0 Å². The van der Waals surface area contributed by atoms with Crippen LogP contribution in [0.25, 0.3) is 11.3 Å². The third kappa shape index (κ3) is 4.43. The zero-order valence-corrected chi connectivity index (χ0v) is 14.5. The van der Waals surface area contributed by atoms with Crippen LogP contribution in [-0.4, -0.2) is 23.8 Å². The highest BCUT2D eigenvalue weighted by atomic mass is 35.5. The molecule has 0 bridgehead atoms. The van der Waals surface area contributed by atoms with Gasteiger partial charge in [-0.2, -0.15) is 0 Å². The molecule has 3 aromatic rings. The van der Waals surface area contributed by atoms with Gasteiger partial charge in [-0.25, -0.2) is 4.98 Å². The summed E-state index contributed by atoms with van der Waals surface area (Å²) in [5, 5.41) is 5.46. The Morgan fingerprint density at radius 2 is 2.04 bits per heavy atom. The molecule has 5 nitrogen and oxygen atoms in total. The lowest BCUT2D eigenvalue weighted by Gasteiger charge is -2.08. The van der Waals surface area contributed by atoms with Crippen LogP contribution in [0.5, 0.6) is 5.75 Å². The van der Waals surface area contributed by atoms with E-state index in [-0.39, 0.29) is 12.5 Å². The number of nitrogens with zero attached hydrogens (tertiary/aromatic N) is 1. The smallest absolute Gasteiger partial charge is 0.264 e. The van der Waals surface area contributed by atoms with Crippen molar-refractivity contribution in [1.29, 1.82) is 0 Å². The first-order chi connectivity index (χ1) is 12.2. The van der Waals surface area contributed by atoms with Crippen LogP contribution in [0.3, 0.4) is 0 Å². The van der Waals surface area contributed by atoms with Crippen LogP contribution >= 0.6 is 22.9 Å². The lowest BCUT2D eigenvalue weighted by atomic mass is 10.2. The molecule has 1 amide bonds. The van der Waals surface area contributed by atoms with E-state index in [4.69, 9.17) is 16.3 Å². The predicted molar refractivity (Wildman–Crippen MR) is 98.5 cm³/mol. The zero-order valence-electron chi connectivity index (χ0n) is 12.9. The SMILES string of the molecule is O=Cc1cc(Cl)ccc1OCC(=O)Nc1nc(-c2ccccc2)cs1. The molecular weight excluding hydrogens is 360 g/mol. The molecule has 0 fully saturated rings. The maximum absolute atomic E-state index is 12.0. The number of aldehydes is 1. The summed E-state index contributed by atoms with van der Waals surface area (Å²) in [6.07, 6.45) is 0.631. The molecule has 1 heterocycles. The van der Waals surface area contributed by atoms with Crippen molar-refractivity contribution in [2.45, 2.75) is 0 Å². The van der Waals surface area contributed by atoms with Gasteiger partial charge < -0.3 is 4.74 Å². The Balaban J connectivity index is 1.60. The molecule has 0 spiro atoms. The molecule has 1 aromatic heterocycles. The standard InChI is InChI=1S/C18H13ClN2O3S/c19-14-6-7-16(13(8-14)9-22)24-10-17(23)21-18-20-15(11-25-18)12-4-2-1-3-5-12/h1-9,11H,10H2,(H,20,21,23). The number of aromatic nitrogens is 1.